The van der Waals surface area contributed by atoms with E-state index in [9.17, 15) is 18.0 Å². The number of carbonyl (C=O) groups is 1. The molecule has 1 atom stereocenters. The fourth-order valence-electron chi connectivity index (χ4n) is 1.92. The molecule has 1 aromatic heterocycles. The third-order valence-corrected chi connectivity index (χ3v) is 3.93. The Morgan fingerprint density at radius 2 is 2.08 bits per heavy atom. The fraction of sp³-hybridized carbons (Fsp3) is 0.500. The zero-order valence-electron chi connectivity index (χ0n) is 14.4. The molecule has 10 heteroatoms. The van der Waals surface area contributed by atoms with Crippen molar-refractivity contribution in [1.29, 1.82) is 0 Å². The average Bonchev–Trinajstić information content (AvgIpc) is 3.01. The lowest BCUT2D eigenvalue weighted by Gasteiger charge is -2.29. The SMILES string of the molecule is CCOC(=O)c1ccc(N2C=CC(OCC(C)(C)C(F)(F)F)N2)nc1Cl. The standard InChI is InChI=1S/C16H19ClF3N3O3/c1-4-25-14(24)10-5-6-11(21-13(10)17)23-8-7-12(22-23)26-9-15(2,3)16(18,19)20/h5-8,12,22H,4,9H2,1-3H3. The van der Waals surface area contributed by atoms with Crippen molar-refractivity contribution in [3.05, 3.63) is 35.1 Å². The number of aromatic nitrogens is 1. The lowest BCUT2D eigenvalue weighted by molar-refractivity contribution is -0.230. The van der Waals surface area contributed by atoms with Crippen molar-refractivity contribution in [2.24, 2.45) is 5.41 Å². The second-order valence-electron chi connectivity index (χ2n) is 6.18. The summed E-state index contributed by atoms with van der Waals surface area (Å²) in [6, 6.07) is 2.98. The van der Waals surface area contributed by atoms with Crippen molar-refractivity contribution < 1.29 is 27.4 Å². The minimum Gasteiger partial charge on any atom is -0.462 e. The molecule has 0 bridgehead atoms. The van der Waals surface area contributed by atoms with E-state index >= 15 is 0 Å². The van der Waals surface area contributed by atoms with Gasteiger partial charge in [0.1, 0.15) is 17.2 Å². The van der Waals surface area contributed by atoms with E-state index in [-0.39, 0.29) is 17.3 Å². The summed E-state index contributed by atoms with van der Waals surface area (Å²) in [6.07, 6.45) is -2.02. The Labute approximate surface area is 153 Å². The van der Waals surface area contributed by atoms with Gasteiger partial charge in [-0.1, -0.05) is 11.6 Å². The van der Waals surface area contributed by atoms with E-state index in [2.05, 4.69) is 10.4 Å². The third-order valence-electron chi connectivity index (χ3n) is 3.64. The Morgan fingerprint density at radius 3 is 2.65 bits per heavy atom. The van der Waals surface area contributed by atoms with Crippen LogP contribution in [0.25, 0.3) is 0 Å². The van der Waals surface area contributed by atoms with Gasteiger partial charge in [-0.15, -0.1) is 0 Å². The number of alkyl halides is 3. The van der Waals surface area contributed by atoms with Gasteiger partial charge in [0.2, 0.25) is 0 Å². The second-order valence-corrected chi connectivity index (χ2v) is 6.54. The van der Waals surface area contributed by atoms with Gasteiger partial charge in [0.05, 0.1) is 24.2 Å². The first-order valence-corrected chi connectivity index (χ1v) is 8.18. The van der Waals surface area contributed by atoms with Gasteiger partial charge in [-0.05, 0) is 39.0 Å². The van der Waals surface area contributed by atoms with E-state index in [1.165, 1.54) is 17.1 Å². The Bertz CT molecular complexity index is 695. The molecular formula is C16H19ClF3N3O3. The molecule has 2 rings (SSSR count). The van der Waals surface area contributed by atoms with E-state index in [0.29, 0.717) is 5.82 Å². The van der Waals surface area contributed by atoms with E-state index in [0.717, 1.165) is 13.8 Å². The van der Waals surface area contributed by atoms with E-state index in [1.807, 2.05) is 0 Å². The number of hydrogen-bond donors (Lipinski definition) is 1. The van der Waals surface area contributed by atoms with Gasteiger partial charge in [0.25, 0.3) is 0 Å². The zero-order valence-corrected chi connectivity index (χ0v) is 15.2. The topological polar surface area (TPSA) is 63.7 Å². The Kier molecular flexibility index (Phi) is 6.15. The predicted molar refractivity (Wildman–Crippen MR) is 89.5 cm³/mol. The minimum atomic E-state index is -4.37. The van der Waals surface area contributed by atoms with Crippen molar-refractivity contribution >= 4 is 23.4 Å². The summed E-state index contributed by atoms with van der Waals surface area (Å²) < 4.78 is 48.7. The largest absolute Gasteiger partial charge is 0.462 e. The van der Waals surface area contributed by atoms with Crippen molar-refractivity contribution in [2.75, 3.05) is 18.2 Å². The van der Waals surface area contributed by atoms with Gasteiger partial charge in [-0.25, -0.2) is 9.78 Å². The summed E-state index contributed by atoms with van der Waals surface area (Å²) in [6.45, 7) is 3.51. The number of hydrazine groups is 1. The van der Waals surface area contributed by atoms with Gasteiger partial charge in [-0.2, -0.15) is 18.6 Å². The Hall–Kier alpha value is -1.84. The zero-order chi connectivity index (χ0) is 19.5. The number of anilines is 1. The quantitative estimate of drug-likeness (QED) is 0.587. The fourth-order valence-corrected chi connectivity index (χ4v) is 2.15. The average molecular weight is 394 g/mol. The summed E-state index contributed by atoms with van der Waals surface area (Å²) in [5.74, 6) is -0.238. The molecule has 0 aliphatic carbocycles. The Morgan fingerprint density at radius 1 is 1.38 bits per heavy atom. The Balaban J connectivity index is 1.98. The van der Waals surface area contributed by atoms with Crippen LogP contribution >= 0.6 is 11.6 Å². The van der Waals surface area contributed by atoms with Crippen LogP contribution in [-0.2, 0) is 9.47 Å². The molecule has 1 N–H and O–H groups in total. The summed E-state index contributed by atoms with van der Waals surface area (Å²) >= 11 is 6.00. The number of pyridine rings is 1. The molecule has 1 aliphatic rings. The van der Waals surface area contributed by atoms with E-state index in [4.69, 9.17) is 21.1 Å². The van der Waals surface area contributed by atoms with Crippen LogP contribution in [0.15, 0.2) is 24.4 Å². The molecule has 144 valence electrons. The summed E-state index contributed by atoms with van der Waals surface area (Å²) in [7, 11) is 0. The molecule has 1 aromatic rings. The molecular weight excluding hydrogens is 375 g/mol. The van der Waals surface area contributed by atoms with Gasteiger partial charge in [0.15, 0.2) is 0 Å². The van der Waals surface area contributed by atoms with Crippen LogP contribution in [0.5, 0.6) is 0 Å². The highest BCUT2D eigenvalue weighted by atomic mass is 35.5. The summed E-state index contributed by atoms with van der Waals surface area (Å²) in [5, 5.41) is 1.39. The van der Waals surface area contributed by atoms with Crippen LogP contribution < -0.4 is 10.4 Å². The molecule has 1 unspecified atom stereocenters. The monoisotopic (exact) mass is 393 g/mol. The predicted octanol–water partition coefficient (Wildman–Crippen LogP) is 3.68. The highest BCUT2D eigenvalue weighted by molar-refractivity contribution is 6.32. The molecule has 0 aromatic carbocycles. The van der Waals surface area contributed by atoms with Crippen LogP contribution in [-0.4, -0.2) is 36.6 Å². The van der Waals surface area contributed by atoms with Gasteiger partial charge in [0, 0.05) is 6.20 Å². The van der Waals surface area contributed by atoms with Gasteiger partial charge in [-0.3, -0.25) is 5.01 Å². The number of halogens is 4. The number of nitrogens with zero attached hydrogens (tertiary/aromatic N) is 2. The summed E-state index contributed by atoms with van der Waals surface area (Å²) in [5.41, 5.74) is 0.979. The lowest BCUT2D eigenvalue weighted by Crippen LogP contribution is -2.42. The van der Waals surface area contributed by atoms with Crippen molar-refractivity contribution in [3.63, 3.8) is 0 Å². The van der Waals surface area contributed by atoms with Crippen LogP contribution in [0, 0.1) is 5.41 Å². The third kappa shape index (κ3) is 4.66. The minimum absolute atomic E-state index is 0.0428. The maximum atomic E-state index is 12.9. The number of nitrogens with one attached hydrogen (secondary N) is 1. The highest BCUT2D eigenvalue weighted by Gasteiger charge is 2.47. The normalized spacial score (nSPS) is 17.7. The highest BCUT2D eigenvalue weighted by Crippen LogP contribution is 2.37. The molecule has 0 fully saturated rings. The number of carbonyl (C=O) groups excluding carboxylic acids is 1. The molecule has 26 heavy (non-hydrogen) atoms. The van der Waals surface area contributed by atoms with E-state index in [1.54, 1.807) is 19.2 Å². The number of ether oxygens (including phenoxy) is 2. The number of hydrogen-bond acceptors (Lipinski definition) is 6. The first kappa shape index (κ1) is 20.5. The molecule has 0 saturated carbocycles. The van der Waals surface area contributed by atoms with Crippen LogP contribution in [0.2, 0.25) is 5.15 Å². The smallest absolute Gasteiger partial charge is 0.396 e. The number of rotatable bonds is 6. The van der Waals surface area contributed by atoms with Gasteiger partial charge >= 0.3 is 12.1 Å². The van der Waals surface area contributed by atoms with Crippen LogP contribution in [0.1, 0.15) is 31.1 Å². The molecule has 6 nitrogen and oxygen atoms in total. The maximum absolute atomic E-state index is 12.9. The van der Waals surface area contributed by atoms with E-state index < -0.39 is 30.4 Å². The second kappa shape index (κ2) is 7.81. The molecule has 0 saturated heterocycles. The molecule has 0 radical (unpaired) electrons. The molecule has 2 heterocycles. The lowest BCUT2D eigenvalue weighted by atomic mass is 9.94. The molecule has 0 amide bonds. The van der Waals surface area contributed by atoms with Crippen molar-refractivity contribution in [1.82, 2.24) is 10.4 Å². The van der Waals surface area contributed by atoms with Gasteiger partial charge < -0.3 is 9.47 Å². The number of esters is 1. The van der Waals surface area contributed by atoms with Crippen molar-refractivity contribution in [3.8, 4) is 0 Å². The molecule has 0 spiro atoms. The molecule has 1 aliphatic heterocycles. The first-order chi connectivity index (χ1) is 12.0. The van der Waals surface area contributed by atoms with Crippen LogP contribution in [0.4, 0.5) is 19.0 Å². The van der Waals surface area contributed by atoms with Crippen LogP contribution in [0.3, 0.4) is 0 Å². The summed E-state index contributed by atoms with van der Waals surface area (Å²) in [4.78, 5) is 15.8. The van der Waals surface area contributed by atoms with Crippen molar-refractivity contribution in [2.45, 2.75) is 33.2 Å². The maximum Gasteiger partial charge on any atom is 0.396 e. The first-order valence-electron chi connectivity index (χ1n) is 7.81.